The summed E-state index contributed by atoms with van der Waals surface area (Å²) in [6, 6.07) is 8.10. The van der Waals surface area contributed by atoms with Gasteiger partial charge in [-0.1, -0.05) is 17.7 Å². The molecule has 2 aliphatic heterocycles. The number of carbonyl (C=O) groups is 2. The predicted molar refractivity (Wildman–Crippen MR) is 116 cm³/mol. The van der Waals surface area contributed by atoms with Crippen LogP contribution in [0.25, 0.3) is 0 Å². The zero-order valence-corrected chi connectivity index (χ0v) is 17.9. The highest BCUT2D eigenvalue weighted by molar-refractivity contribution is 6.33. The summed E-state index contributed by atoms with van der Waals surface area (Å²) in [6.07, 6.45) is -1.32. The molecule has 2 aromatic rings. The molecule has 0 unspecified atom stereocenters. The molecule has 4 rings (SSSR count). The van der Waals surface area contributed by atoms with Crippen molar-refractivity contribution in [2.75, 3.05) is 34.8 Å². The maximum Gasteiger partial charge on any atom is 0.417 e. The smallest absolute Gasteiger partial charge is 0.355 e. The number of aromatic nitrogens is 1. The Morgan fingerprint density at radius 1 is 1.16 bits per heavy atom. The van der Waals surface area contributed by atoms with Gasteiger partial charge in [0.05, 0.1) is 10.6 Å². The first-order valence-corrected chi connectivity index (χ1v) is 10.8. The molecule has 1 aromatic carbocycles. The Balaban J connectivity index is 1.36. The minimum atomic E-state index is -4.50. The Kier molecular flexibility index (Phi) is 6.28. The van der Waals surface area contributed by atoms with E-state index in [2.05, 4.69) is 10.3 Å². The predicted octanol–water partition coefficient (Wildman–Crippen LogP) is 4.74. The second-order valence-electron chi connectivity index (χ2n) is 7.98. The van der Waals surface area contributed by atoms with Crippen molar-refractivity contribution in [2.24, 2.45) is 5.92 Å². The average molecular weight is 467 g/mol. The zero-order chi connectivity index (χ0) is 22.9. The van der Waals surface area contributed by atoms with Gasteiger partial charge in [0.1, 0.15) is 5.82 Å². The molecule has 6 nitrogen and oxygen atoms in total. The third-order valence-corrected chi connectivity index (χ3v) is 6.09. The van der Waals surface area contributed by atoms with Crippen molar-refractivity contribution in [2.45, 2.75) is 31.9 Å². The van der Waals surface area contributed by atoms with E-state index >= 15 is 0 Å². The van der Waals surface area contributed by atoms with Crippen LogP contribution in [-0.4, -0.2) is 36.4 Å². The Morgan fingerprint density at radius 2 is 1.91 bits per heavy atom. The lowest BCUT2D eigenvalue weighted by molar-refractivity contribution is -0.137. The van der Waals surface area contributed by atoms with Crippen molar-refractivity contribution < 1.29 is 22.8 Å². The first-order chi connectivity index (χ1) is 15.2. The Bertz CT molecular complexity index is 1020. The molecule has 0 radical (unpaired) electrons. The first-order valence-electron chi connectivity index (χ1n) is 10.4. The van der Waals surface area contributed by atoms with Crippen molar-refractivity contribution >= 4 is 40.6 Å². The SMILES string of the molecule is O=C(Nc1cccc(N2CCCC2=O)c1)C1CCN(c2ncc(C(F)(F)F)cc2Cl)CC1. The van der Waals surface area contributed by atoms with Crippen LogP contribution in [0.5, 0.6) is 0 Å². The van der Waals surface area contributed by atoms with Gasteiger partial charge in [-0.15, -0.1) is 0 Å². The van der Waals surface area contributed by atoms with Crippen LogP contribution in [0.1, 0.15) is 31.2 Å². The number of rotatable bonds is 4. The lowest BCUT2D eigenvalue weighted by Crippen LogP contribution is -2.38. The van der Waals surface area contributed by atoms with Gasteiger partial charge in [-0.25, -0.2) is 4.98 Å². The van der Waals surface area contributed by atoms with E-state index in [0.717, 1.165) is 24.4 Å². The summed E-state index contributed by atoms with van der Waals surface area (Å²) in [5.41, 5.74) is 0.503. The third kappa shape index (κ3) is 4.82. The second-order valence-corrected chi connectivity index (χ2v) is 8.38. The highest BCUT2D eigenvalue weighted by atomic mass is 35.5. The fourth-order valence-electron chi connectivity index (χ4n) is 4.09. The highest BCUT2D eigenvalue weighted by Crippen LogP contribution is 2.35. The molecular formula is C22H22ClF3N4O2. The molecule has 3 heterocycles. The molecule has 2 amide bonds. The molecule has 170 valence electrons. The number of amides is 2. The van der Waals surface area contributed by atoms with E-state index in [4.69, 9.17) is 11.6 Å². The van der Waals surface area contributed by atoms with E-state index in [0.29, 0.717) is 50.4 Å². The molecule has 1 N–H and O–H groups in total. The topological polar surface area (TPSA) is 65.5 Å². The van der Waals surface area contributed by atoms with E-state index < -0.39 is 11.7 Å². The number of hydrogen-bond acceptors (Lipinski definition) is 4. The summed E-state index contributed by atoms with van der Waals surface area (Å²) in [6.45, 7) is 1.59. The molecule has 2 aliphatic rings. The number of nitrogens with zero attached hydrogens (tertiary/aromatic N) is 3. The molecule has 0 aliphatic carbocycles. The number of carbonyl (C=O) groups excluding carboxylic acids is 2. The maximum absolute atomic E-state index is 12.8. The molecule has 2 saturated heterocycles. The fraction of sp³-hybridized carbons (Fsp3) is 0.409. The summed E-state index contributed by atoms with van der Waals surface area (Å²) in [5.74, 6) is 0.00969. The molecule has 0 atom stereocenters. The molecule has 0 bridgehead atoms. The van der Waals surface area contributed by atoms with Gasteiger partial charge in [0.15, 0.2) is 0 Å². The molecule has 0 saturated carbocycles. The monoisotopic (exact) mass is 466 g/mol. The second kappa shape index (κ2) is 8.97. The number of hydrogen-bond donors (Lipinski definition) is 1. The molecule has 1 aromatic heterocycles. The van der Waals surface area contributed by atoms with Gasteiger partial charge in [0.25, 0.3) is 0 Å². The molecule has 2 fully saturated rings. The Hall–Kier alpha value is -2.81. The molecular weight excluding hydrogens is 445 g/mol. The minimum Gasteiger partial charge on any atom is -0.355 e. The van der Waals surface area contributed by atoms with Gasteiger partial charge in [-0.05, 0) is 43.5 Å². The van der Waals surface area contributed by atoms with Crippen LogP contribution in [0.3, 0.4) is 0 Å². The number of nitrogens with one attached hydrogen (secondary N) is 1. The van der Waals surface area contributed by atoms with Gasteiger partial charge in [0.2, 0.25) is 11.8 Å². The van der Waals surface area contributed by atoms with Gasteiger partial charge in [-0.3, -0.25) is 9.59 Å². The van der Waals surface area contributed by atoms with Crippen LogP contribution in [-0.2, 0) is 15.8 Å². The number of piperidine rings is 1. The van der Waals surface area contributed by atoms with Crippen LogP contribution in [0.2, 0.25) is 5.02 Å². The van der Waals surface area contributed by atoms with E-state index in [1.165, 1.54) is 0 Å². The summed E-state index contributed by atoms with van der Waals surface area (Å²) >= 11 is 6.04. The summed E-state index contributed by atoms with van der Waals surface area (Å²) in [7, 11) is 0. The summed E-state index contributed by atoms with van der Waals surface area (Å²) < 4.78 is 38.5. The Labute approximate surface area is 188 Å². The summed E-state index contributed by atoms with van der Waals surface area (Å²) in [4.78, 5) is 32.1. The van der Waals surface area contributed by atoms with E-state index in [1.54, 1.807) is 28.0 Å². The average Bonchev–Trinajstić information content (AvgIpc) is 3.19. The normalized spacial score (nSPS) is 17.7. The van der Waals surface area contributed by atoms with Crippen LogP contribution < -0.4 is 15.1 Å². The van der Waals surface area contributed by atoms with E-state index in [1.807, 2.05) is 6.07 Å². The van der Waals surface area contributed by atoms with Crippen molar-refractivity contribution in [1.82, 2.24) is 4.98 Å². The number of halogens is 4. The Morgan fingerprint density at radius 3 is 2.53 bits per heavy atom. The molecule has 10 heteroatoms. The van der Waals surface area contributed by atoms with Crippen LogP contribution in [0.4, 0.5) is 30.4 Å². The number of alkyl halides is 3. The number of benzene rings is 1. The number of anilines is 3. The molecule has 32 heavy (non-hydrogen) atoms. The van der Waals surface area contributed by atoms with Gasteiger partial charge in [-0.2, -0.15) is 13.2 Å². The lowest BCUT2D eigenvalue weighted by atomic mass is 9.95. The molecule has 0 spiro atoms. The largest absolute Gasteiger partial charge is 0.417 e. The third-order valence-electron chi connectivity index (χ3n) is 5.81. The zero-order valence-electron chi connectivity index (χ0n) is 17.2. The van der Waals surface area contributed by atoms with Gasteiger partial charge >= 0.3 is 6.18 Å². The number of pyridine rings is 1. The van der Waals surface area contributed by atoms with Crippen molar-refractivity contribution in [3.63, 3.8) is 0 Å². The standard InChI is InChI=1S/C22H22ClF3N4O2/c23-18-11-15(22(24,25)26)13-27-20(18)29-9-6-14(7-10-29)21(32)28-16-3-1-4-17(12-16)30-8-2-5-19(30)31/h1,3-4,11-14H,2,5-10H2,(H,28,32). The van der Waals surface area contributed by atoms with Crippen LogP contribution in [0, 0.1) is 5.92 Å². The first kappa shape index (κ1) is 22.4. The van der Waals surface area contributed by atoms with Gasteiger partial charge in [0, 0.05) is 49.5 Å². The van der Waals surface area contributed by atoms with Crippen molar-refractivity contribution in [3.8, 4) is 0 Å². The van der Waals surface area contributed by atoms with Gasteiger partial charge < -0.3 is 15.1 Å². The van der Waals surface area contributed by atoms with Crippen LogP contribution >= 0.6 is 11.6 Å². The van der Waals surface area contributed by atoms with Crippen molar-refractivity contribution in [3.05, 3.63) is 47.1 Å². The van der Waals surface area contributed by atoms with E-state index in [-0.39, 0.29) is 22.8 Å². The quantitative estimate of drug-likeness (QED) is 0.707. The van der Waals surface area contributed by atoms with Crippen molar-refractivity contribution in [1.29, 1.82) is 0 Å². The lowest BCUT2D eigenvalue weighted by Gasteiger charge is -2.32. The minimum absolute atomic E-state index is 0.0593. The fourth-order valence-corrected chi connectivity index (χ4v) is 4.37. The van der Waals surface area contributed by atoms with E-state index in [9.17, 15) is 22.8 Å². The summed E-state index contributed by atoms with van der Waals surface area (Å²) in [5, 5.41) is 2.86. The van der Waals surface area contributed by atoms with Crippen LogP contribution in [0.15, 0.2) is 36.5 Å². The highest BCUT2D eigenvalue weighted by Gasteiger charge is 2.33. The maximum atomic E-state index is 12.8.